The number of aliphatic hydroxyl groups excluding tert-OH is 3. The highest BCUT2D eigenvalue weighted by atomic mass is 32.1. The summed E-state index contributed by atoms with van der Waals surface area (Å²) in [6, 6.07) is 4.39. The van der Waals surface area contributed by atoms with E-state index < -0.39 is 18.3 Å². The van der Waals surface area contributed by atoms with Crippen molar-refractivity contribution in [2.24, 2.45) is 23.2 Å². The van der Waals surface area contributed by atoms with E-state index in [4.69, 9.17) is 0 Å². The third-order valence-electron chi connectivity index (χ3n) is 10.1. The van der Waals surface area contributed by atoms with Gasteiger partial charge in [0.05, 0.1) is 18.3 Å². The van der Waals surface area contributed by atoms with Crippen molar-refractivity contribution < 1.29 is 15.3 Å². The van der Waals surface area contributed by atoms with Gasteiger partial charge < -0.3 is 15.3 Å². The molecule has 36 heavy (non-hydrogen) atoms. The minimum atomic E-state index is -0.632. The first kappa shape index (κ1) is 26.2. The maximum atomic E-state index is 11.1. The number of hydrogen-bond acceptors (Lipinski definition) is 4. The van der Waals surface area contributed by atoms with Gasteiger partial charge >= 0.3 is 0 Å². The molecule has 4 saturated carbocycles. The summed E-state index contributed by atoms with van der Waals surface area (Å²) in [6.45, 7) is 11.1. The van der Waals surface area contributed by atoms with Gasteiger partial charge in [-0.15, -0.1) is 11.3 Å². The fourth-order valence-electron chi connectivity index (χ4n) is 7.73. The number of fused-ring (bicyclic) bond motifs is 1. The molecular weight excluding hydrogens is 464 g/mol. The molecule has 0 amide bonds. The first-order chi connectivity index (χ1) is 17.1. The van der Waals surface area contributed by atoms with Crippen LogP contribution in [0.3, 0.4) is 0 Å². The molecule has 0 unspecified atom stereocenters. The Kier molecular flexibility index (Phi) is 7.28. The number of rotatable bonds is 6. The van der Waals surface area contributed by atoms with Gasteiger partial charge in [-0.2, -0.15) is 0 Å². The highest BCUT2D eigenvalue weighted by Gasteiger charge is 2.52. The van der Waals surface area contributed by atoms with Gasteiger partial charge in [-0.25, -0.2) is 0 Å². The van der Waals surface area contributed by atoms with Crippen molar-refractivity contribution in [1.82, 2.24) is 0 Å². The molecule has 3 nitrogen and oxygen atoms in total. The van der Waals surface area contributed by atoms with E-state index in [1.807, 2.05) is 11.3 Å². The van der Waals surface area contributed by atoms with Crippen LogP contribution in [0.15, 0.2) is 59.7 Å². The molecule has 0 aromatic carbocycles. The summed E-state index contributed by atoms with van der Waals surface area (Å²) in [5, 5.41) is 31.5. The van der Waals surface area contributed by atoms with Gasteiger partial charge in [0.1, 0.15) is 0 Å². The van der Waals surface area contributed by atoms with Crippen LogP contribution in [0, 0.1) is 30.1 Å². The van der Waals surface area contributed by atoms with E-state index in [-0.39, 0.29) is 10.8 Å². The normalized spacial score (nSPS) is 38.0. The van der Waals surface area contributed by atoms with E-state index in [1.165, 1.54) is 41.0 Å². The lowest BCUT2D eigenvalue weighted by atomic mass is 9.61. The zero-order valence-corrected chi connectivity index (χ0v) is 23.1. The van der Waals surface area contributed by atoms with Crippen molar-refractivity contribution in [2.75, 3.05) is 0 Å². The van der Waals surface area contributed by atoms with Crippen LogP contribution in [0.4, 0.5) is 0 Å². The van der Waals surface area contributed by atoms with Crippen molar-refractivity contribution in [2.45, 2.75) is 102 Å². The number of thiophene rings is 1. The zero-order valence-electron chi connectivity index (χ0n) is 22.2. The Morgan fingerprint density at radius 2 is 1.89 bits per heavy atom. The molecule has 0 saturated heterocycles. The standard InChI is InChI=1S/C32H44O3S/c1-20(7-13-29(35)32(16-17-32)30-14-8-21(2)36-30)26-11-12-27-23(6-5-15-31(26,27)4)9-10-24-18-25(33)19-28(34)22(24)3/h7-10,13-14,20,25-29,33-35H,3,5-6,11-12,15-19H2,1-2,4H3/b13-7?,23-9+,24-10-/t20-,25-,26-,27+,28+,29+,31-/m1/s1. The zero-order chi connectivity index (χ0) is 25.7. The van der Waals surface area contributed by atoms with Crippen LogP contribution in [0.25, 0.3) is 0 Å². The molecule has 4 aliphatic carbocycles. The molecular formula is C32H44O3S. The fourth-order valence-corrected chi connectivity index (χ4v) is 8.88. The number of allylic oxidation sites excluding steroid dienone is 4. The Morgan fingerprint density at radius 1 is 1.11 bits per heavy atom. The lowest BCUT2D eigenvalue weighted by Crippen LogP contribution is -2.35. The van der Waals surface area contributed by atoms with Gasteiger partial charge in [-0.05, 0) is 105 Å². The summed E-state index contributed by atoms with van der Waals surface area (Å²) < 4.78 is 0. The molecule has 4 fully saturated rings. The average molecular weight is 509 g/mol. The molecule has 0 bridgehead atoms. The Hall–Kier alpha value is -1.46. The molecule has 4 heteroatoms. The van der Waals surface area contributed by atoms with Crippen molar-refractivity contribution >= 4 is 11.3 Å². The Labute approximate surface area is 221 Å². The molecule has 1 aromatic heterocycles. The van der Waals surface area contributed by atoms with Gasteiger partial charge in [-0.3, -0.25) is 0 Å². The van der Waals surface area contributed by atoms with Crippen molar-refractivity contribution in [3.8, 4) is 0 Å². The second-order valence-corrected chi connectivity index (χ2v) is 13.7. The molecule has 1 aromatic rings. The van der Waals surface area contributed by atoms with Crippen LogP contribution < -0.4 is 0 Å². The van der Waals surface area contributed by atoms with Gasteiger partial charge in [0.25, 0.3) is 0 Å². The minimum absolute atomic E-state index is 0.0458. The van der Waals surface area contributed by atoms with E-state index in [0.717, 1.165) is 30.4 Å². The molecule has 0 radical (unpaired) electrons. The molecule has 0 aliphatic heterocycles. The summed E-state index contributed by atoms with van der Waals surface area (Å²) in [6.07, 6.45) is 16.6. The summed E-state index contributed by atoms with van der Waals surface area (Å²) in [5.41, 5.74) is 3.53. The van der Waals surface area contributed by atoms with E-state index in [2.05, 4.69) is 63.8 Å². The number of aryl methyl sites for hydroxylation is 1. The van der Waals surface area contributed by atoms with E-state index >= 15 is 0 Å². The quantitative estimate of drug-likeness (QED) is 0.371. The maximum Gasteiger partial charge on any atom is 0.0825 e. The summed E-state index contributed by atoms with van der Waals surface area (Å²) in [5.74, 6) is 1.65. The number of hydrogen-bond donors (Lipinski definition) is 3. The fraction of sp³-hybridized carbons (Fsp3) is 0.625. The lowest BCUT2D eigenvalue weighted by molar-refractivity contribution is 0.0862. The molecule has 5 rings (SSSR count). The second-order valence-electron chi connectivity index (χ2n) is 12.4. The van der Waals surface area contributed by atoms with Gasteiger partial charge in [0.2, 0.25) is 0 Å². The molecule has 3 N–H and O–H groups in total. The summed E-state index contributed by atoms with van der Waals surface area (Å²) in [7, 11) is 0. The summed E-state index contributed by atoms with van der Waals surface area (Å²) >= 11 is 1.84. The molecule has 1 heterocycles. The van der Waals surface area contributed by atoms with Crippen LogP contribution in [0.5, 0.6) is 0 Å². The third kappa shape index (κ3) is 4.75. The Balaban J connectivity index is 1.29. The number of aliphatic hydroxyl groups is 3. The lowest BCUT2D eigenvalue weighted by Gasteiger charge is -2.44. The predicted molar refractivity (Wildman–Crippen MR) is 149 cm³/mol. The first-order valence-corrected chi connectivity index (χ1v) is 14.8. The Bertz CT molecular complexity index is 1070. The monoisotopic (exact) mass is 508 g/mol. The van der Waals surface area contributed by atoms with E-state index in [9.17, 15) is 15.3 Å². The van der Waals surface area contributed by atoms with Crippen molar-refractivity contribution in [1.29, 1.82) is 0 Å². The summed E-state index contributed by atoms with van der Waals surface area (Å²) in [4.78, 5) is 2.66. The SMILES string of the molecule is C=C1/C(=C\C=C2/CCC[C@]3(C)[C@@H]([C@H](C)C=C[C@H](O)C4(c5ccc(C)s5)CC4)CC[C@@H]23)C[C@@H](O)C[C@@H]1O. The smallest absolute Gasteiger partial charge is 0.0825 e. The van der Waals surface area contributed by atoms with E-state index in [1.54, 1.807) is 0 Å². The molecule has 7 atom stereocenters. The van der Waals surface area contributed by atoms with Crippen LogP contribution in [0.1, 0.15) is 81.4 Å². The Morgan fingerprint density at radius 3 is 2.58 bits per heavy atom. The largest absolute Gasteiger partial charge is 0.393 e. The van der Waals surface area contributed by atoms with Crippen LogP contribution in [-0.2, 0) is 5.41 Å². The maximum absolute atomic E-state index is 11.1. The molecule has 0 spiro atoms. The van der Waals surface area contributed by atoms with Crippen LogP contribution in [-0.4, -0.2) is 33.6 Å². The van der Waals surface area contributed by atoms with Crippen molar-refractivity contribution in [3.63, 3.8) is 0 Å². The predicted octanol–water partition coefficient (Wildman–Crippen LogP) is 6.78. The topological polar surface area (TPSA) is 60.7 Å². The first-order valence-electron chi connectivity index (χ1n) is 14.0. The highest BCUT2D eigenvalue weighted by molar-refractivity contribution is 7.12. The third-order valence-corrected chi connectivity index (χ3v) is 11.3. The van der Waals surface area contributed by atoms with Gasteiger partial charge in [-0.1, -0.05) is 50.3 Å². The van der Waals surface area contributed by atoms with Gasteiger partial charge in [0, 0.05) is 21.6 Å². The molecule has 4 aliphatic rings. The minimum Gasteiger partial charge on any atom is -0.393 e. The van der Waals surface area contributed by atoms with Crippen LogP contribution in [0.2, 0.25) is 0 Å². The van der Waals surface area contributed by atoms with Gasteiger partial charge in [0.15, 0.2) is 0 Å². The van der Waals surface area contributed by atoms with E-state index in [0.29, 0.717) is 30.6 Å². The molecule has 196 valence electrons. The second kappa shape index (κ2) is 10.0. The van der Waals surface area contributed by atoms with Crippen molar-refractivity contribution in [3.05, 3.63) is 69.5 Å². The van der Waals surface area contributed by atoms with Crippen LogP contribution >= 0.6 is 11.3 Å². The average Bonchev–Trinajstić information content (AvgIpc) is 3.41. The highest BCUT2D eigenvalue weighted by Crippen LogP contribution is 2.60.